The molecule has 4 bridgehead atoms. The molecule has 2 N–H and O–H groups in total. The van der Waals surface area contributed by atoms with Crippen LogP contribution in [0.15, 0.2) is 24.3 Å². The van der Waals surface area contributed by atoms with E-state index in [2.05, 4.69) is 17.6 Å². The normalized spacial score (nSPS) is 32.1. The van der Waals surface area contributed by atoms with E-state index in [1.165, 1.54) is 50.7 Å². The average Bonchev–Trinajstić information content (AvgIpc) is 2.64. The van der Waals surface area contributed by atoms with Crippen molar-refractivity contribution < 1.29 is 14.0 Å². The van der Waals surface area contributed by atoms with E-state index in [1.807, 2.05) is 13.8 Å². The van der Waals surface area contributed by atoms with Crippen molar-refractivity contribution in [1.82, 2.24) is 10.6 Å². The van der Waals surface area contributed by atoms with Crippen LogP contribution in [0.3, 0.4) is 0 Å². The Morgan fingerprint density at radius 3 is 2.03 bits per heavy atom. The van der Waals surface area contributed by atoms with Gasteiger partial charge in [0.05, 0.1) is 5.56 Å². The molecule has 2 atom stereocenters. The summed E-state index contributed by atoms with van der Waals surface area (Å²) in [5.41, 5.74) is 0.182. The first-order valence-corrected chi connectivity index (χ1v) is 11.1. The van der Waals surface area contributed by atoms with Gasteiger partial charge in [-0.2, -0.15) is 0 Å². The number of carbonyl (C=O) groups excluding carboxylic acids is 2. The lowest BCUT2D eigenvalue weighted by molar-refractivity contribution is -0.128. The van der Waals surface area contributed by atoms with Gasteiger partial charge in [-0.25, -0.2) is 4.39 Å². The zero-order chi connectivity index (χ0) is 20.8. The van der Waals surface area contributed by atoms with Crippen LogP contribution in [0.4, 0.5) is 4.39 Å². The van der Waals surface area contributed by atoms with Crippen molar-refractivity contribution in [2.24, 2.45) is 29.1 Å². The number of nitrogens with one attached hydrogen (secondary N) is 2. The largest absolute Gasteiger partial charge is 0.351 e. The van der Waals surface area contributed by atoms with Crippen LogP contribution in [-0.4, -0.2) is 23.9 Å². The first-order chi connectivity index (χ1) is 13.8. The molecule has 4 aliphatic carbocycles. The summed E-state index contributed by atoms with van der Waals surface area (Å²) in [5.74, 6) is 1.10. The maximum Gasteiger partial charge on any atom is 0.254 e. The van der Waals surface area contributed by atoms with E-state index in [0.717, 1.165) is 17.8 Å². The van der Waals surface area contributed by atoms with Crippen LogP contribution in [0, 0.1) is 34.9 Å². The molecule has 2 amide bonds. The zero-order valence-electron chi connectivity index (χ0n) is 17.7. The van der Waals surface area contributed by atoms with Gasteiger partial charge in [0.1, 0.15) is 11.9 Å². The molecular weight excluding hydrogens is 367 g/mol. The van der Waals surface area contributed by atoms with Gasteiger partial charge in [-0.3, -0.25) is 9.59 Å². The first-order valence-electron chi connectivity index (χ1n) is 11.1. The second kappa shape index (κ2) is 7.73. The van der Waals surface area contributed by atoms with Gasteiger partial charge in [-0.05, 0) is 86.7 Å². The molecule has 5 heteroatoms. The topological polar surface area (TPSA) is 58.2 Å². The summed E-state index contributed by atoms with van der Waals surface area (Å²) in [6, 6.07) is 5.28. The minimum absolute atomic E-state index is 0.0277. The highest BCUT2D eigenvalue weighted by Crippen LogP contribution is 2.61. The maximum atomic E-state index is 14.0. The summed E-state index contributed by atoms with van der Waals surface area (Å²) in [5, 5.41) is 6.00. The molecule has 0 heterocycles. The Morgan fingerprint density at radius 1 is 0.966 bits per heavy atom. The van der Waals surface area contributed by atoms with Crippen molar-refractivity contribution in [1.29, 1.82) is 0 Å². The van der Waals surface area contributed by atoms with Crippen molar-refractivity contribution in [3.8, 4) is 0 Å². The summed E-state index contributed by atoms with van der Waals surface area (Å²) >= 11 is 0. The van der Waals surface area contributed by atoms with Crippen LogP contribution in [0.5, 0.6) is 0 Å². The van der Waals surface area contributed by atoms with Crippen LogP contribution >= 0.6 is 0 Å². The van der Waals surface area contributed by atoms with Crippen molar-refractivity contribution in [2.75, 3.05) is 0 Å². The molecule has 0 aromatic heterocycles. The Kier molecular flexibility index (Phi) is 5.43. The highest BCUT2D eigenvalue weighted by molar-refractivity contribution is 5.97. The third kappa shape index (κ3) is 3.93. The van der Waals surface area contributed by atoms with Crippen molar-refractivity contribution >= 4 is 11.8 Å². The zero-order valence-corrected chi connectivity index (χ0v) is 17.7. The molecule has 29 heavy (non-hydrogen) atoms. The fourth-order valence-corrected chi connectivity index (χ4v) is 6.56. The van der Waals surface area contributed by atoms with Crippen LogP contribution in [0.1, 0.15) is 69.7 Å². The molecule has 5 rings (SSSR count). The van der Waals surface area contributed by atoms with E-state index in [-0.39, 0.29) is 28.8 Å². The second-order valence-electron chi connectivity index (χ2n) is 10.2. The molecule has 4 aliphatic rings. The van der Waals surface area contributed by atoms with Gasteiger partial charge >= 0.3 is 0 Å². The monoisotopic (exact) mass is 400 g/mol. The Balaban J connectivity index is 1.44. The molecule has 4 saturated carbocycles. The number of hydrogen-bond acceptors (Lipinski definition) is 2. The molecule has 0 aliphatic heterocycles. The Hall–Kier alpha value is -1.91. The minimum atomic E-state index is -0.682. The molecule has 4 fully saturated rings. The highest BCUT2D eigenvalue weighted by Gasteiger charge is 2.53. The van der Waals surface area contributed by atoms with E-state index in [1.54, 1.807) is 12.1 Å². The van der Waals surface area contributed by atoms with Gasteiger partial charge in [0.25, 0.3) is 5.91 Å². The predicted octanol–water partition coefficient (Wildman–Crippen LogP) is 4.30. The predicted molar refractivity (Wildman–Crippen MR) is 111 cm³/mol. The van der Waals surface area contributed by atoms with Gasteiger partial charge in [0.15, 0.2) is 0 Å². The molecule has 0 radical (unpaired) electrons. The Morgan fingerprint density at radius 2 is 1.52 bits per heavy atom. The summed E-state index contributed by atoms with van der Waals surface area (Å²) < 4.78 is 14.0. The van der Waals surface area contributed by atoms with Crippen molar-refractivity contribution in [3.63, 3.8) is 0 Å². The molecular formula is C24H33FN2O2. The lowest BCUT2D eigenvalue weighted by Crippen LogP contribution is -2.59. The van der Waals surface area contributed by atoms with E-state index in [0.29, 0.717) is 0 Å². The molecule has 1 aromatic carbocycles. The number of hydrogen-bond donors (Lipinski definition) is 2. The number of benzene rings is 1. The summed E-state index contributed by atoms with van der Waals surface area (Å²) in [6.07, 6.45) is 7.75. The van der Waals surface area contributed by atoms with Gasteiger partial charge in [-0.15, -0.1) is 0 Å². The lowest BCUT2D eigenvalue weighted by Gasteiger charge is -2.59. The van der Waals surface area contributed by atoms with Crippen molar-refractivity contribution in [3.05, 3.63) is 35.6 Å². The molecule has 158 valence electrons. The van der Waals surface area contributed by atoms with Crippen LogP contribution in [0.25, 0.3) is 0 Å². The van der Waals surface area contributed by atoms with Gasteiger partial charge < -0.3 is 10.6 Å². The molecule has 0 unspecified atom stereocenters. The molecule has 1 aromatic rings. The average molecular weight is 401 g/mol. The van der Waals surface area contributed by atoms with Crippen molar-refractivity contribution in [2.45, 2.75) is 71.4 Å². The standard InChI is InChI=1S/C24H33FN2O2/c1-14(2)21(27-22(28)19-6-4-5-7-20(19)25)23(29)26-15(3)24-11-16-8-17(12-24)10-18(9-16)13-24/h4-7,14-18,21H,8-13H2,1-3H3,(H,26,29)(H,27,28)/t15-,16?,17?,18?,21-,24?/m0/s1. The molecule has 4 nitrogen and oxygen atoms in total. The van der Waals surface area contributed by atoms with Gasteiger partial charge in [0, 0.05) is 6.04 Å². The van der Waals surface area contributed by atoms with Crippen LogP contribution in [-0.2, 0) is 4.79 Å². The van der Waals surface area contributed by atoms with E-state index in [9.17, 15) is 14.0 Å². The Bertz CT molecular complexity index is 756. The van der Waals surface area contributed by atoms with E-state index < -0.39 is 17.8 Å². The maximum absolute atomic E-state index is 14.0. The summed E-state index contributed by atoms with van der Waals surface area (Å²) in [7, 11) is 0. The number of rotatable bonds is 6. The summed E-state index contributed by atoms with van der Waals surface area (Å²) in [4.78, 5) is 25.7. The van der Waals surface area contributed by atoms with Gasteiger partial charge in [0.2, 0.25) is 5.91 Å². The smallest absolute Gasteiger partial charge is 0.254 e. The fraction of sp³-hybridized carbons (Fsp3) is 0.667. The van der Waals surface area contributed by atoms with Crippen LogP contribution < -0.4 is 10.6 Å². The third-order valence-electron chi connectivity index (χ3n) is 7.72. The minimum Gasteiger partial charge on any atom is -0.351 e. The quantitative estimate of drug-likeness (QED) is 0.748. The number of halogens is 1. The highest BCUT2D eigenvalue weighted by atomic mass is 19.1. The van der Waals surface area contributed by atoms with E-state index in [4.69, 9.17) is 0 Å². The molecule has 0 spiro atoms. The molecule has 0 saturated heterocycles. The SMILES string of the molecule is CC(C)[C@H](NC(=O)c1ccccc1F)C(=O)N[C@@H](C)C12CC3CC(CC(C3)C1)C2. The van der Waals surface area contributed by atoms with Gasteiger partial charge in [-0.1, -0.05) is 26.0 Å². The number of carbonyl (C=O) groups is 2. The number of amides is 2. The summed E-state index contributed by atoms with van der Waals surface area (Å²) in [6.45, 7) is 5.95. The first kappa shape index (κ1) is 20.4. The lowest BCUT2D eigenvalue weighted by atomic mass is 9.48. The third-order valence-corrected chi connectivity index (χ3v) is 7.72. The van der Waals surface area contributed by atoms with E-state index >= 15 is 0 Å². The Labute approximate surface area is 173 Å². The fourth-order valence-electron chi connectivity index (χ4n) is 6.56. The van der Waals surface area contributed by atoms with Crippen LogP contribution in [0.2, 0.25) is 0 Å². The second-order valence-corrected chi connectivity index (χ2v) is 10.2.